The highest BCUT2D eigenvalue weighted by Gasteiger charge is 2.61. The number of carbonyl (C=O) groups excluding carboxylic acids is 1. The van der Waals surface area contributed by atoms with Crippen LogP contribution in [0.25, 0.3) is 0 Å². The predicted molar refractivity (Wildman–Crippen MR) is 155 cm³/mol. The number of likely N-dealkylation sites (N-methyl/N-ethyl adjacent to an activating group) is 1. The molecule has 3 fully saturated rings. The van der Waals surface area contributed by atoms with E-state index < -0.39 is 84.3 Å². The van der Waals surface area contributed by atoms with Crippen molar-refractivity contribution in [2.45, 2.75) is 105 Å². The van der Waals surface area contributed by atoms with Crippen molar-refractivity contribution in [2.24, 2.45) is 44.4 Å². The molecule has 0 radical (unpaired) electrons. The molecule has 19 heteroatoms. The van der Waals surface area contributed by atoms with E-state index >= 15 is 0 Å². The van der Waals surface area contributed by atoms with E-state index in [9.17, 15) is 25.2 Å². The molecule has 13 atom stereocenters. The molecule has 3 unspecified atom stereocenters. The van der Waals surface area contributed by atoms with Crippen molar-refractivity contribution >= 4 is 17.8 Å². The standard InChI is InChI=1S/C25H46N10O9/c1-24(39)8-41-20(15(37)18(24)32-2)44-17-12(33-21(38)25(40)6-13(25)35-23(30)31)5-10(27)16(14(17)36)43-19-11(34-22(28)29)4-3-9(7-26)42-19/h3,10-20,32,36-37,39-40H,4-8,26-27H2,1-2H3,(H,33,38)(H4,28,29,34)(H4,30,31,35)/t10-,11+,12+,13?,14-,15+,16?,17-,18+,19+,20+,24-,25?/m0/s1. The lowest BCUT2D eigenvalue weighted by Gasteiger charge is -2.48. The van der Waals surface area contributed by atoms with Crippen molar-refractivity contribution in [3.63, 3.8) is 0 Å². The van der Waals surface area contributed by atoms with Gasteiger partial charge >= 0.3 is 0 Å². The van der Waals surface area contributed by atoms with E-state index in [-0.39, 0.29) is 37.9 Å². The maximum absolute atomic E-state index is 13.2. The molecular weight excluding hydrogens is 584 g/mol. The van der Waals surface area contributed by atoms with Crippen LogP contribution in [0.2, 0.25) is 0 Å². The number of ether oxygens (including phenoxy) is 4. The third kappa shape index (κ3) is 7.17. The van der Waals surface area contributed by atoms with E-state index in [4.69, 9.17) is 53.3 Å². The van der Waals surface area contributed by atoms with E-state index in [2.05, 4.69) is 20.6 Å². The lowest BCUT2D eigenvalue weighted by Crippen LogP contribution is -2.69. The number of carbonyl (C=O) groups is 1. The maximum atomic E-state index is 13.2. The number of aliphatic imine (C=N–C) groups is 2. The number of nitrogens with two attached hydrogens (primary N) is 6. The van der Waals surface area contributed by atoms with Gasteiger partial charge in [-0.15, -0.1) is 0 Å². The maximum Gasteiger partial charge on any atom is 0.254 e. The molecule has 1 amide bonds. The first-order chi connectivity index (χ1) is 20.6. The van der Waals surface area contributed by atoms with Crippen LogP contribution in [0.5, 0.6) is 0 Å². The average molecular weight is 631 g/mol. The summed E-state index contributed by atoms with van der Waals surface area (Å²) in [6, 6.07) is -4.33. The number of hydrogen-bond acceptors (Lipinski definition) is 14. The molecule has 2 aliphatic carbocycles. The molecule has 1 saturated heterocycles. The fourth-order valence-electron chi connectivity index (χ4n) is 5.91. The highest BCUT2D eigenvalue weighted by atomic mass is 16.7. The second-order valence-electron chi connectivity index (χ2n) is 11.9. The number of aliphatic hydroxyl groups excluding tert-OH is 2. The first-order valence-corrected chi connectivity index (χ1v) is 14.3. The van der Waals surface area contributed by atoms with Crippen molar-refractivity contribution in [3.05, 3.63) is 11.8 Å². The SMILES string of the molecule is CN[C@@H]1[C@@H](O)[C@@H](O[C@H]2[C@H](NC(=O)C3(O)CC3N=C(N)N)C[C@H](N)C(O[C@H]3OC(CN)=CC[C@H]3N=C(N)N)[C@@H]2O)OC[C@]1(C)O. The van der Waals surface area contributed by atoms with Crippen LogP contribution in [0, 0.1) is 0 Å². The Morgan fingerprint density at radius 3 is 2.36 bits per heavy atom. The second kappa shape index (κ2) is 13.3. The van der Waals surface area contributed by atoms with Crippen molar-refractivity contribution < 1.29 is 44.2 Å². The van der Waals surface area contributed by atoms with E-state index in [1.54, 1.807) is 13.1 Å². The van der Waals surface area contributed by atoms with Gasteiger partial charge in [-0.1, -0.05) is 0 Å². The minimum absolute atomic E-state index is 0.0174. The molecule has 2 saturated carbocycles. The molecule has 2 heterocycles. The molecule has 0 spiro atoms. The van der Waals surface area contributed by atoms with E-state index in [0.29, 0.717) is 12.2 Å². The quantitative estimate of drug-likeness (QED) is 0.0788. The lowest BCUT2D eigenvalue weighted by atomic mass is 9.83. The summed E-state index contributed by atoms with van der Waals surface area (Å²) < 4.78 is 23.8. The summed E-state index contributed by atoms with van der Waals surface area (Å²) in [6.07, 6.45) is -5.85. The Labute approximate surface area is 254 Å². The Morgan fingerprint density at radius 2 is 1.75 bits per heavy atom. The smallest absolute Gasteiger partial charge is 0.254 e. The summed E-state index contributed by atoms with van der Waals surface area (Å²) in [7, 11) is 1.55. The molecule has 2 aliphatic heterocycles. The molecule has 19 nitrogen and oxygen atoms in total. The van der Waals surface area contributed by atoms with Gasteiger partial charge in [0.05, 0.1) is 31.3 Å². The van der Waals surface area contributed by atoms with Gasteiger partial charge in [-0.3, -0.25) is 4.79 Å². The zero-order valence-electron chi connectivity index (χ0n) is 24.7. The van der Waals surface area contributed by atoms with Gasteiger partial charge < -0.3 is 84.4 Å². The highest BCUT2D eigenvalue weighted by Crippen LogP contribution is 2.40. The Morgan fingerprint density at radius 1 is 1.09 bits per heavy atom. The van der Waals surface area contributed by atoms with Gasteiger partial charge in [-0.25, -0.2) is 9.98 Å². The minimum atomic E-state index is -1.89. The fourth-order valence-corrected chi connectivity index (χ4v) is 5.91. The van der Waals surface area contributed by atoms with E-state index in [1.165, 1.54) is 6.92 Å². The first-order valence-electron chi connectivity index (χ1n) is 14.3. The van der Waals surface area contributed by atoms with Gasteiger partial charge in [0.2, 0.25) is 6.29 Å². The first kappa shape index (κ1) is 34.0. The van der Waals surface area contributed by atoms with Crippen LogP contribution in [-0.4, -0.2) is 137 Å². The number of guanidine groups is 2. The van der Waals surface area contributed by atoms with Crippen LogP contribution >= 0.6 is 0 Å². The fraction of sp³-hybridized carbons (Fsp3) is 0.800. The molecule has 4 rings (SSSR count). The van der Waals surface area contributed by atoms with Crippen LogP contribution in [0.3, 0.4) is 0 Å². The number of amides is 1. The van der Waals surface area contributed by atoms with Gasteiger partial charge in [0, 0.05) is 12.5 Å². The number of nitrogens with zero attached hydrogens (tertiary/aromatic N) is 2. The van der Waals surface area contributed by atoms with Crippen LogP contribution in [0.1, 0.15) is 26.2 Å². The third-order valence-electron chi connectivity index (χ3n) is 8.34. The lowest BCUT2D eigenvalue weighted by molar-refractivity contribution is -0.304. The van der Waals surface area contributed by atoms with Gasteiger partial charge in [0.15, 0.2) is 23.8 Å². The number of aliphatic hydroxyl groups is 4. The number of nitrogens with one attached hydrogen (secondary N) is 2. The molecule has 4 aliphatic rings. The van der Waals surface area contributed by atoms with Crippen LogP contribution in [-0.2, 0) is 23.7 Å². The van der Waals surface area contributed by atoms with Crippen molar-refractivity contribution in [2.75, 3.05) is 20.2 Å². The second-order valence-corrected chi connectivity index (χ2v) is 11.9. The molecule has 44 heavy (non-hydrogen) atoms. The molecule has 250 valence electrons. The Hall–Kier alpha value is -2.85. The van der Waals surface area contributed by atoms with E-state index in [0.717, 1.165) is 0 Å². The number of hydrogen-bond donors (Lipinski definition) is 12. The Balaban J connectivity index is 1.59. The Kier molecular flexibility index (Phi) is 10.2. The summed E-state index contributed by atoms with van der Waals surface area (Å²) in [5.41, 5.74) is 30.9. The number of rotatable bonds is 10. The van der Waals surface area contributed by atoms with E-state index in [1.807, 2.05) is 0 Å². The molecule has 0 bridgehead atoms. The van der Waals surface area contributed by atoms with Gasteiger partial charge in [-0.05, 0) is 32.9 Å². The normalized spacial score (nSPS) is 43.6. The Bertz CT molecular complexity index is 1130. The monoisotopic (exact) mass is 630 g/mol. The zero-order valence-corrected chi connectivity index (χ0v) is 24.7. The zero-order chi connectivity index (χ0) is 32.6. The molecular formula is C25H46N10O9. The summed E-state index contributed by atoms with van der Waals surface area (Å²) in [4.78, 5) is 21.2. The van der Waals surface area contributed by atoms with Crippen molar-refractivity contribution in [1.29, 1.82) is 0 Å². The van der Waals surface area contributed by atoms with Crippen LogP contribution < -0.4 is 45.0 Å². The van der Waals surface area contributed by atoms with Gasteiger partial charge in [0.25, 0.3) is 5.91 Å². The minimum Gasteiger partial charge on any atom is -0.466 e. The molecule has 0 aromatic carbocycles. The largest absolute Gasteiger partial charge is 0.466 e. The summed E-state index contributed by atoms with van der Waals surface area (Å²) in [5, 5.41) is 49.7. The average Bonchev–Trinajstić information content (AvgIpc) is 3.59. The predicted octanol–water partition coefficient (Wildman–Crippen LogP) is -6.60. The van der Waals surface area contributed by atoms with Crippen LogP contribution in [0.4, 0.5) is 0 Å². The summed E-state index contributed by atoms with van der Waals surface area (Å²) in [5.74, 6) is -0.882. The van der Waals surface area contributed by atoms with Gasteiger partial charge in [0.1, 0.15) is 41.8 Å². The van der Waals surface area contributed by atoms with Crippen molar-refractivity contribution in [1.82, 2.24) is 10.6 Å². The van der Waals surface area contributed by atoms with Crippen LogP contribution in [0.15, 0.2) is 21.8 Å². The molecule has 0 aromatic heterocycles. The third-order valence-corrected chi connectivity index (χ3v) is 8.34. The topological polar surface area (TPSA) is 340 Å². The highest BCUT2D eigenvalue weighted by molar-refractivity contribution is 5.90. The van der Waals surface area contributed by atoms with Gasteiger partial charge in [-0.2, -0.15) is 0 Å². The summed E-state index contributed by atoms with van der Waals surface area (Å²) >= 11 is 0. The van der Waals surface area contributed by atoms with Crippen molar-refractivity contribution in [3.8, 4) is 0 Å². The summed E-state index contributed by atoms with van der Waals surface area (Å²) in [6.45, 7) is 1.34. The molecule has 18 N–H and O–H groups in total. The molecule has 0 aromatic rings.